The van der Waals surface area contributed by atoms with Gasteiger partial charge in [-0.3, -0.25) is 4.79 Å². The summed E-state index contributed by atoms with van der Waals surface area (Å²) in [4.78, 5) is 12.1. The van der Waals surface area contributed by atoms with Gasteiger partial charge in [0.25, 0.3) is 0 Å². The molecule has 3 N–H and O–H groups in total. The Morgan fingerprint density at radius 1 is 0.774 bits per heavy atom. The summed E-state index contributed by atoms with van der Waals surface area (Å²) in [5.41, 5.74) is 0. The zero-order valence-electron chi connectivity index (χ0n) is 20.0. The summed E-state index contributed by atoms with van der Waals surface area (Å²) < 4.78 is 0. The van der Waals surface area contributed by atoms with Crippen LogP contribution in [0.1, 0.15) is 97.3 Å². The normalized spacial score (nSPS) is 14.3. The highest BCUT2D eigenvalue weighted by atomic mass is 16.3. The number of amides is 1. The monoisotopic (exact) mass is 433 g/mol. The van der Waals surface area contributed by atoms with Gasteiger partial charge in [-0.15, -0.1) is 0 Å². The fraction of sp³-hybridized carbons (Fsp3) is 0.667. The molecule has 0 heterocycles. The second-order valence-electron chi connectivity index (χ2n) is 7.99. The van der Waals surface area contributed by atoms with Crippen LogP contribution in [0.5, 0.6) is 0 Å². The maximum absolute atomic E-state index is 12.1. The summed E-state index contributed by atoms with van der Waals surface area (Å²) in [6, 6.07) is -0.654. The fourth-order valence-corrected chi connectivity index (χ4v) is 3.10. The average Bonchev–Trinajstić information content (AvgIpc) is 2.77. The number of rotatable bonds is 20. The summed E-state index contributed by atoms with van der Waals surface area (Å²) in [5, 5.41) is 22.5. The van der Waals surface area contributed by atoms with Crippen LogP contribution in [0.2, 0.25) is 0 Å². The lowest BCUT2D eigenvalue weighted by Gasteiger charge is -2.19. The van der Waals surface area contributed by atoms with Crippen molar-refractivity contribution < 1.29 is 15.0 Å². The van der Waals surface area contributed by atoms with E-state index in [1.54, 1.807) is 6.08 Å². The Balaban J connectivity index is 3.93. The molecule has 0 saturated carbocycles. The summed E-state index contributed by atoms with van der Waals surface area (Å²) in [6.45, 7) is 4.07. The SMILES string of the molecule is CC/C=C/CC/C=C/CC/C=C/C(O)C(CO)NC(=O)CCC/C=C\CCCCCC. The third-order valence-corrected chi connectivity index (χ3v) is 5.02. The Labute approximate surface area is 191 Å². The third-order valence-electron chi connectivity index (χ3n) is 5.02. The minimum atomic E-state index is -0.875. The molecule has 0 fully saturated rings. The maximum Gasteiger partial charge on any atom is 0.220 e. The van der Waals surface area contributed by atoms with E-state index >= 15 is 0 Å². The average molecular weight is 434 g/mol. The van der Waals surface area contributed by atoms with Crippen LogP contribution >= 0.6 is 0 Å². The first-order valence-corrected chi connectivity index (χ1v) is 12.4. The first-order chi connectivity index (χ1) is 15.2. The third kappa shape index (κ3) is 20.0. The van der Waals surface area contributed by atoms with E-state index in [0.717, 1.165) is 51.4 Å². The van der Waals surface area contributed by atoms with Gasteiger partial charge in [0.2, 0.25) is 5.91 Å². The molecule has 0 bridgehead atoms. The van der Waals surface area contributed by atoms with Gasteiger partial charge in [-0.25, -0.2) is 0 Å². The van der Waals surface area contributed by atoms with Crippen LogP contribution in [0.25, 0.3) is 0 Å². The van der Waals surface area contributed by atoms with Crippen LogP contribution < -0.4 is 5.32 Å². The van der Waals surface area contributed by atoms with Crippen molar-refractivity contribution in [2.24, 2.45) is 0 Å². The van der Waals surface area contributed by atoms with Crippen molar-refractivity contribution in [1.29, 1.82) is 0 Å². The minimum absolute atomic E-state index is 0.122. The van der Waals surface area contributed by atoms with E-state index in [1.807, 2.05) is 6.08 Å². The molecule has 4 heteroatoms. The minimum Gasteiger partial charge on any atom is -0.394 e. The van der Waals surface area contributed by atoms with Crippen molar-refractivity contribution in [3.8, 4) is 0 Å². The van der Waals surface area contributed by atoms with Gasteiger partial charge in [-0.2, -0.15) is 0 Å². The van der Waals surface area contributed by atoms with Crippen molar-refractivity contribution in [2.75, 3.05) is 6.61 Å². The molecule has 0 radical (unpaired) electrons. The molecule has 0 aliphatic rings. The zero-order valence-corrected chi connectivity index (χ0v) is 20.0. The molecule has 4 nitrogen and oxygen atoms in total. The molecule has 0 rings (SSSR count). The second kappa shape index (κ2) is 23.0. The molecular formula is C27H47NO3. The Bertz CT molecular complexity index is 523. The summed E-state index contributed by atoms with van der Waals surface area (Å²) in [7, 11) is 0. The Morgan fingerprint density at radius 3 is 1.97 bits per heavy atom. The number of hydrogen-bond acceptors (Lipinski definition) is 3. The van der Waals surface area contributed by atoms with E-state index < -0.39 is 12.1 Å². The predicted molar refractivity (Wildman–Crippen MR) is 133 cm³/mol. The van der Waals surface area contributed by atoms with E-state index in [4.69, 9.17) is 0 Å². The van der Waals surface area contributed by atoms with Crippen LogP contribution in [0.15, 0.2) is 48.6 Å². The standard InChI is InChI=1S/C27H47NO3/c1-3-5-7-9-11-13-15-16-18-20-22-26(30)25(24-29)28-27(31)23-21-19-17-14-12-10-8-6-4-2/h5,7,13-15,17,20,22,25-26,29-30H,3-4,6,8-12,16,18-19,21,23-24H2,1-2H3,(H,28,31)/b7-5+,15-13+,17-14-,22-20+. The predicted octanol–water partition coefficient (Wildman–Crippen LogP) is 6.16. The van der Waals surface area contributed by atoms with E-state index in [2.05, 4.69) is 55.6 Å². The van der Waals surface area contributed by atoms with Gasteiger partial charge >= 0.3 is 0 Å². The van der Waals surface area contributed by atoms with Crippen LogP contribution in [0, 0.1) is 0 Å². The summed E-state index contributed by atoms with van der Waals surface area (Å²) in [5.74, 6) is -0.122. The Kier molecular flexibility index (Phi) is 21.8. The van der Waals surface area contributed by atoms with Gasteiger partial charge in [-0.05, 0) is 57.8 Å². The van der Waals surface area contributed by atoms with Gasteiger partial charge in [0, 0.05) is 6.42 Å². The lowest BCUT2D eigenvalue weighted by molar-refractivity contribution is -0.122. The topological polar surface area (TPSA) is 69.6 Å². The highest BCUT2D eigenvalue weighted by molar-refractivity contribution is 5.76. The van der Waals surface area contributed by atoms with Crippen LogP contribution in [-0.4, -0.2) is 34.9 Å². The molecule has 1 amide bonds. The quantitative estimate of drug-likeness (QED) is 0.159. The van der Waals surface area contributed by atoms with E-state index in [-0.39, 0.29) is 12.5 Å². The smallest absolute Gasteiger partial charge is 0.220 e. The maximum atomic E-state index is 12.1. The van der Waals surface area contributed by atoms with Gasteiger partial charge in [-0.1, -0.05) is 81.7 Å². The van der Waals surface area contributed by atoms with E-state index in [9.17, 15) is 15.0 Å². The largest absolute Gasteiger partial charge is 0.394 e. The number of aliphatic hydroxyl groups is 2. The molecule has 0 aromatic carbocycles. The van der Waals surface area contributed by atoms with E-state index in [1.165, 1.54) is 25.7 Å². The molecule has 0 aromatic heterocycles. The number of carbonyl (C=O) groups excluding carboxylic acids is 1. The Morgan fingerprint density at radius 2 is 1.35 bits per heavy atom. The molecule has 31 heavy (non-hydrogen) atoms. The van der Waals surface area contributed by atoms with E-state index in [0.29, 0.717) is 6.42 Å². The van der Waals surface area contributed by atoms with Gasteiger partial charge in [0.15, 0.2) is 0 Å². The number of nitrogens with one attached hydrogen (secondary N) is 1. The highest BCUT2D eigenvalue weighted by Crippen LogP contribution is 2.05. The van der Waals surface area contributed by atoms with Gasteiger partial charge in [0.1, 0.15) is 0 Å². The number of allylic oxidation sites excluding steroid dienone is 7. The number of carbonyl (C=O) groups is 1. The molecule has 0 saturated heterocycles. The Hall–Kier alpha value is -1.65. The van der Waals surface area contributed by atoms with Crippen molar-refractivity contribution in [3.05, 3.63) is 48.6 Å². The van der Waals surface area contributed by atoms with Crippen molar-refractivity contribution in [1.82, 2.24) is 5.32 Å². The lowest BCUT2D eigenvalue weighted by atomic mass is 10.1. The fourth-order valence-electron chi connectivity index (χ4n) is 3.10. The first-order valence-electron chi connectivity index (χ1n) is 12.4. The molecule has 0 spiro atoms. The van der Waals surface area contributed by atoms with Crippen LogP contribution in [0.4, 0.5) is 0 Å². The molecule has 2 atom stereocenters. The van der Waals surface area contributed by atoms with Gasteiger partial charge < -0.3 is 15.5 Å². The number of unbranched alkanes of at least 4 members (excludes halogenated alkanes) is 7. The molecule has 178 valence electrons. The molecular weight excluding hydrogens is 386 g/mol. The van der Waals surface area contributed by atoms with Crippen molar-refractivity contribution >= 4 is 5.91 Å². The van der Waals surface area contributed by atoms with Crippen LogP contribution in [-0.2, 0) is 4.79 Å². The van der Waals surface area contributed by atoms with Gasteiger partial charge in [0.05, 0.1) is 18.8 Å². The highest BCUT2D eigenvalue weighted by Gasteiger charge is 2.17. The number of aliphatic hydroxyl groups excluding tert-OH is 2. The number of hydrogen-bond donors (Lipinski definition) is 3. The summed E-state index contributed by atoms with van der Waals surface area (Å²) >= 11 is 0. The second-order valence-corrected chi connectivity index (χ2v) is 7.99. The summed E-state index contributed by atoms with van der Waals surface area (Å²) in [6.07, 6.45) is 29.0. The molecule has 2 unspecified atom stereocenters. The zero-order chi connectivity index (χ0) is 23.0. The van der Waals surface area contributed by atoms with Crippen molar-refractivity contribution in [2.45, 2.75) is 109 Å². The van der Waals surface area contributed by atoms with Crippen molar-refractivity contribution in [3.63, 3.8) is 0 Å². The molecule has 0 aromatic rings. The lowest BCUT2D eigenvalue weighted by Crippen LogP contribution is -2.45. The van der Waals surface area contributed by atoms with Crippen LogP contribution in [0.3, 0.4) is 0 Å². The first kappa shape index (κ1) is 29.4. The molecule has 0 aliphatic heterocycles. The molecule has 0 aliphatic carbocycles.